The van der Waals surface area contributed by atoms with Crippen LogP contribution in [0.25, 0.3) is 0 Å². The Balaban J connectivity index is 2.36. The Morgan fingerprint density at radius 2 is 2.31 bits per heavy atom. The Kier molecular flexibility index (Phi) is 5.82. The SMILES string of the molecule is CCCC(=O)c1ccn(CCOCCO)c1. The van der Waals surface area contributed by atoms with Crippen LogP contribution in [-0.4, -0.2) is 35.3 Å². The van der Waals surface area contributed by atoms with Gasteiger partial charge in [-0.05, 0) is 12.5 Å². The first-order valence-electron chi connectivity index (χ1n) is 5.65. The molecule has 0 unspecified atom stereocenters. The molecule has 4 heteroatoms. The van der Waals surface area contributed by atoms with Gasteiger partial charge in [-0.1, -0.05) is 6.92 Å². The van der Waals surface area contributed by atoms with Crippen LogP contribution in [0.2, 0.25) is 0 Å². The fraction of sp³-hybridized carbons (Fsp3) is 0.583. The van der Waals surface area contributed by atoms with Crippen molar-refractivity contribution in [3.05, 3.63) is 24.0 Å². The van der Waals surface area contributed by atoms with Crippen molar-refractivity contribution >= 4 is 5.78 Å². The van der Waals surface area contributed by atoms with Crippen molar-refractivity contribution in [3.8, 4) is 0 Å². The first-order valence-corrected chi connectivity index (χ1v) is 5.65. The Bertz CT molecular complexity index is 320. The summed E-state index contributed by atoms with van der Waals surface area (Å²) in [5.41, 5.74) is 0.768. The van der Waals surface area contributed by atoms with Gasteiger partial charge in [0.1, 0.15) is 0 Å². The quantitative estimate of drug-likeness (QED) is 0.538. The van der Waals surface area contributed by atoms with Gasteiger partial charge in [0.2, 0.25) is 0 Å². The lowest BCUT2D eigenvalue weighted by atomic mass is 10.1. The molecule has 0 amide bonds. The Morgan fingerprint density at radius 3 is 3.00 bits per heavy atom. The number of ether oxygens (including phenoxy) is 1. The summed E-state index contributed by atoms with van der Waals surface area (Å²) in [5, 5.41) is 8.52. The van der Waals surface area contributed by atoms with Crippen molar-refractivity contribution in [2.45, 2.75) is 26.3 Å². The normalized spacial score (nSPS) is 10.6. The van der Waals surface area contributed by atoms with Gasteiger partial charge in [-0.15, -0.1) is 0 Å². The van der Waals surface area contributed by atoms with Crippen LogP contribution < -0.4 is 0 Å². The van der Waals surface area contributed by atoms with Gasteiger partial charge in [-0.2, -0.15) is 0 Å². The number of ketones is 1. The number of aromatic nitrogens is 1. The zero-order valence-electron chi connectivity index (χ0n) is 9.69. The van der Waals surface area contributed by atoms with E-state index in [0.29, 0.717) is 26.2 Å². The Hall–Kier alpha value is -1.13. The summed E-state index contributed by atoms with van der Waals surface area (Å²) in [5.74, 6) is 0.192. The van der Waals surface area contributed by atoms with Crippen LogP contribution in [0.3, 0.4) is 0 Å². The Labute approximate surface area is 95.8 Å². The molecular formula is C12H19NO3. The standard InChI is InChI=1S/C12H19NO3/c1-2-3-12(15)11-4-5-13(10-11)6-8-16-9-7-14/h4-5,10,14H,2-3,6-9H2,1H3. The molecule has 1 aromatic heterocycles. The minimum atomic E-state index is 0.0475. The molecule has 0 radical (unpaired) electrons. The van der Waals surface area contributed by atoms with Gasteiger partial charge in [-0.3, -0.25) is 4.79 Å². The number of aliphatic hydroxyl groups excluding tert-OH is 1. The Morgan fingerprint density at radius 1 is 1.50 bits per heavy atom. The second-order valence-corrected chi connectivity index (χ2v) is 3.65. The number of hydrogen-bond acceptors (Lipinski definition) is 3. The largest absolute Gasteiger partial charge is 0.394 e. The molecule has 0 saturated carbocycles. The minimum Gasteiger partial charge on any atom is -0.394 e. The van der Waals surface area contributed by atoms with Gasteiger partial charge in [-0.25, -0.2) is 0 Å². The average Bonchev–Trinajstić information content (AvgIpc) is 2.73. The maximum Gasteiger partial charge on any atom is 0.164 e. The van der Waals surface area contributed by atoms with Crippen LogP contribution in [0.5, 0.6) is 0 Å². The highest BCUT2D eigenvalue weighted by atomic mass is 16.5. The molecule has 0 saturated heterocycles. The van der Waals surface area contributed by atoms with E-state index in [2.05, 4.69) is 0 Å². The zero-order chi connectivity index (χ0) is 11.8. The van der Waals surface area contributed by atoms with Crippen LogP contribution in [0, 0.1) is 0 Å². The smallest absolute Gasteiger partial charge is 0.164 e. The predicted octanol–water partition coefficient (Wildman–Crippen LogP) is 1.48. The van der Waals surface area contributed by atoms with Crippen molar-refractivity contribution in [2.75, 3.05) is 19.8 Å². The number of carbonyl (C=O) groups excluding carboxylic acids is 1. The van der Waals surface area contributed by atoms with E-state index < -0.39 is 0 Å². The van der Waals surface area contributed by atoms with Crippen molar-refractivity contribution < 1.29 is 14.6 Å². The third-order valence-electron chi connectivity index (χ3n) is 2.28. The highest BCUT2D eigenvalue weighted by molar-refractivity contribution is 5.95. The lowest BCUT2D eigenvalue weighted by molar-refractivity contribution is 0.0869. The molecule has 0 spiro atoms. The molecule has 0 fully saturated rings. The van der Waals surface area contributed by atoms with Crippen LogP contribution in [-0.2, 0) is 11.3 Å². The molecule has 4 nitrogen and oxygen atoms in total. The van der Waals surface area contributed by atoms with Crippen LogP contribution in [0.15, 0.2) is 18.5 Å². The van der Waals surface area contributed by atoms with Gasteiger partial charge in [0.15, 0.2) is 5.78 Å². The van der Waals surface area contributed by atoms with E-state index in [0.717, 1.165) is 12.0 Å². The highest BCUT2D eigenvalue weighted by Gasteiger charge is 2.05. The molecule has 1 N–H and O–H groups in total. The number of carbonyl (C=O) groups is 1. The molecule has 1 rings (SSSR count). The average molecular weight is 225 g/mol. The monoisotopic (exact) mass is 225 g/mol. The van der Waals surface area contributed by atoms with Crippen molar-refractivity contribution in [2.24, 2.45) is 0 Å². The molecule has 0 aliphatic heterocycles. The summed E-state index contributed by atoms with van der Waals surface area (Å²) >= 11 is 0. The maximum absolute atomic E-state index is 11.6. The van der Waals surface area contributed by atoms with Crippen molar-refractivity contribution in [3.63, 3.8) is 0 Å². The third kappa shape index (κ3) is 4.16. The topological polar surface area (TPSA) is 51.5 Å². The van der Waals surface area contributed by atoms with Crippen LogP contribution in [0.4, 0.5) is 0 Å². The molecule has 1 heterocycles. The van der Waals surface area contributed by atoms with E-state index in [1.54, 1.807) is 0 Å². The van der Waals surface area contributed by atoms with E-state index in [-0.39, 0.29) is 12.4 Å². The first kappa shape index (κ1) is 12.9. The lowest BCUT2D eigenvalue weighted by Gasteiger charge is -2.03. The summed E-state index contributed by atoms with van der Waals surface area (Å²) < 4.78 is 7.08. The molecule has 16 heavy (non-hydrogen) atoms. The van der Waals surface area contributed by atoms with Crippen LogP contribution in [0.1, 0.15) is 30.1 Å². The fourth-order valence-electron chi connectivity index (χ4n) is 1.45. The molecule has 0 atom stereocenters. The lowest BCUT2D eigenvalue weighted by Crippen LogP contribution is -2.07. The summed E-state index contributed by atoms with van der Waals surface area (Å²) in [4.78, 5) is 11.6. The van der Waals surface area contributed by atoms with E-state index in [9.17, 15) is 4.79 Å². The minimum absolute atomic E-state index is 0.0475. The number of aliphatic hydroxyl groups is 1. The molecule has 1 aromatic rings. The number of hydrogen-bond donors (Lipinski definition) is 1. The van der Waals surface area contributed by atoms with Crippen molar-refractivity contribution in [1.29, 1.82) is 0 Å². The predicted molar refractivity (Wildman–Crippen MR) is 61.6 cm³/mol. The fourth-order valence-corrected chi connectivity index (χ4v) is 1.45. The van der Waals surface area contributed by atoms with Gasteiger partial charge in [0.25, 0.3) is 0 Å². The van der Waals surface area contributed by atoms with Gasteiger partial charge in [0, 0.05) is 30.9 Å². The second-order valence-electron chi connectivity index (χ2n) is 3.65. The zero-order valence-corrected chi connectivity index (χ0v) is 9.69. The van der Waals surface area contributed by atoms with Crippen molar-refractivity contribution in [1.82, 2.24) is 4.57 Å². The molecule has 90 valence electrons. The van der Waals surface area contributed by atoms with E-state index in [4.69, 9.17) is 9.84 Å². The maximum atomic E-state index is 11.6. The molecule has 0 bridgehead atoms. The molecule has 0 aliphatic rings. The summed E-state index contributed by atoms with van der Waals surface area (Å²) in [7, 11) is 0. The molecule has 0 aromatic carbocycles. The molecular weight excluding hydrogens is 206 g/mol. The number of Topliss-reactive ketones (excluding diaryl/α,β-unsaturated/α-hetero) is 1. The van der Waals surface area contributed by atoms with Gasteiger partial charge >= 0.3 is 0 Å². The van der Waals surface area contributed by atoms with Gasteiger partial charge < -0.3 is 14.4 Å². The third-order valence-corrected chi connectivity index (χ3v) is 2.28. The van der Waals surface area contributed by atoms with E-state index >= 15 is 0 Å². The first-order chi connectivity index (χ1) is 7.77. The summed E-state index contributed by atoms with van der Waals surface area (Å²) in [6.07, 6.45) is 5.21. The highest BCUT2D eigenvalue weighted by Crippen LogP contribution is 2.06. The van der Waals surface area contributed by atoms with Crippen LogP contribution >= 0.6 is 0 Å². The molecule has 0 aliphatic carbocycles. The van der Waals surface area contributed by atoms with Gasteiger partial charge in [0.05, 0.1) is 19.8 Å². The second kappa shape index (κ2) is 7.19. The summed E-state index contributed by atoms with van der Waals surface area (Å²) in [6, 6.07) is 1.84. The van der Waals surface area contributed by atoms with E-state index in [1.807, 2.05) is 30.0 Å². The number of nitrogens with zero attached hydrogens (tertiary/aromatic N) is 1. The summed E-state index contributed by atoms with van der Waals surface area (Å²) in [6.45, 7) is 3.67. The van der Waals surface area contributed by atoms with E-state index in [1.165, 1.54) is 0 Å². The number of rotatable bonds is 8.